The quantitative estimate of drug-likeness (QED) is 0.776. The first-order chi connectivity index (χ1) is 9.59. The normalized spacial score (nSPS) is 21.1. The van der Waals surface area contributed by atoms with Crippen LogP contribution in [0.4, 0.5) is 0 Å². The van der Waals surface area contributed by atoms with E-state index < -0.39 is 9.84 Å². The SMILES string of the molecule is COCCNCc1ccc(SC2CCS(=O)(=O)C2)cc1. The molecule has 4 nitrogen and oxygen atoms in total. The molecule has 112 valence electrons. The molecule has 0 radical (unpaired) electrons. The highest BCUT2D eigenvalue weighted by Gasteiger charge is 2.28. The van der Waals surface area contributed by atoms with E-state index in [0.29, 0.717) is 18.1 Å². The maximum Gasteiger partial charge on any atom is 0.151 e. The summed E-state index contributed by atoms with van der Waals surface area (Å²) >= 11 is 1.67. The number of sulfone groups is 1. The number of nitrogens with one attached hydrogen (secondary N) is 1. The zero-order valence-electron chi connectivity index (χ0n) is 11.7. The van der Waals surface area contributed by atoms with Crippen molar-refractivity contribution in [3.05, 3.63) is 29.8 Å². The molecule has 0 amide bonds. The number of benzene rings is 1. The van der Waals surface area contributed by atoms with Crippen molar-refractivity contribution in [2.75, 3.05) is 31.8 Å². The van der Waals surface area contributed by atoms with E-state index in [1.165, 1.54) is 5.56 Å². The molecule has 1 aliphatic rings. The van der Waals surface area contributed by atoms with E-state index in [1.54, 1.807) is 18.9 Å². The van der Waals surface area contributed by atoms with Gasteiger partial charge in [0.2, 0.25) is 0 Å². The lowest BCUT2D eigenvalue weighted by Gasteiger charge is -2.09. The fraction of sp³-hybridized carbons (Fsp3) is 0.571. The Kier molecular flexibility index (Phi) is 5.89. The van der Waals surface area contributed by atoms with E-state index in [4.69, 9.17) is 4.74 Å². The number of methoxy groups -OCH3 is 1. The Morgan fingerprint density at radius 2 is 2.10 bits per heavy atom. The van der Waals surface area contributed by atoms with Crippen LogP contribution in [0.25, 0.3) is 0 Å². The average molecular weight is 315 g/mol. The van der Waals surface area contributed by atoms with Gasteiger partial charge in [0.25, 0.3) is 0 Å². The van der Waals surface area contributed by atoms with Crippen LogP contribution in [-0.2, 0) is 21.1 Å². The Hall–Kier alpha value is -0.560. The molecule has 0 aliphatic carbocycles. The fourth-order valence-corrected chi connectivity index (χ4v) is 5.64. The van der Waals surface area contributed by atoms with Crippen LogP contribution in [0, 0.1) is 0 Å². The lowest BCUT2D eigenvalue weighted by atomic mass is 10.2. The highest BCUT2D eigenvalue weighted by Crippen LogP contribution is 2.30. The average Bonchev–Trinajstić information content (AvgIpc) is 2.76. The van der Waals surface area contributed by atoms with Crippen molar-refractivity contribution >= 4 is 21.6 Å². The first kappa shape index (κ1) is 15.8. The first-order valence-corrected chi connectivity index (χ1v) is 9.45. The Morgan fingerprint density at radius 3 is 2.70 bits per heavy atom. The minimum atomic E-state index is -2.78. The fourth-order valence-electron chi connectivity index (χ4n) is 2.14. The van der Waals surface area contributed by atoms with Crippen LogP contribution in [-0.4, -0.2) is 45.4 Å². The predicted molar refractivity (Wildman–Crippen MR) is 82.9 cm³/mol. The number of thioether (sulfide) groups is 1. The molecular weight excluding hydrogens is 294 g/mol. The van der Waals surface area contributed by atoms with Crippen LogP contribution in [0.15, 0.2) is 29.2 Å². The summed E-state index contributed by atoms with van der Waals surface area (Å²) in [6, 6.07) is 8.32. The second kappa shape index (κ2) is 7.45. The second-order valence-electron chi connectivity index (χ2n) is 4.96. The van der Waals surface area contributed by atoms with Gasteiger partial charge in [0.05, 0.1) is 18.1 Å². The largest absolute Gasteiger partial charge is 0.383 e. The van der Waals surface area contributed by atoms with Crippen LogP contribution < -0.4 is 5.32 Å². The van der Waals surface area contributed by atoms with Crippen molar-refractivity contribution < 1.29 is 13.2 Å². The summed E-state index contributed by atoms with van der Waals surface area (Å²) in [6.45, 7) is 2.38. The summed E-state index contributed by atoms with van der Waals surface area (Å²) in [5.74, 6) is 0.657. The first-order valence-electron chi connectivity index (χ1n) is 6.75. The van der Waals surface area contributed by atoms with Gasteiger partial charge in [-0.1, -0.05) is 12.1 Å². The van der Waals surface area contributed by atoms with Crippen molar-refractivity contribution in [1.29, 1.82) is 0 Å². The lowest BCUT2D eigenvalue weighted by molar-refractivity contribution is 0.199. The van der Waals surface area contributed by atoms with E-state index in [9.17, 15) is 8.42 Å². The van der Waals surface area contributed by atoms with Crippen LogP contribution in [0.1, 0.15) is 12.0 Å². The summed E-state index contributed by atoms with van der Waals surface area (Å²) in [7, 11) is -1.09. The Bertz CT molecular complexity index is 514. The summed E-state index contributed by atoms with van der Waals surface area (Å²) < 4.78 is 27.8. The summed E-state index contributed by atoms with van der Waals surface area (Å²) in [5, 5.41) is 3.51. The van der Waals surface area contributed by atoms with Crippen molar-refractivity contribution in [2.45, 2.75) is 23.1 Å². The molecule has 1 atom stereocenters. The lowest BCUT2D eigenvalue weighted by Crippen LogP contribution is -2.18. The molecule has 1 N–H and O–H groups in total. The molecule has 1 aromatic carbocycles. The minimum absolute atomic E-state index is 0.214. The van der Waals surface area contributed by atoms with Crippen molar-refractivity contribution in [3.63, 3.8) is 0 Å². The van der Waals surface area contributed by atoms with Crippen LogP contribution >= 0.6 is 11.8 Å². The van der Waals surface area contributed by atoms with E-state index in [1.807, 2.05) is 0 Å². The third-order valence-corrected chi connectivity index (χ3v) is 6.49. The number of hydrogen-bond acceptors (Lipinski definition) is 5. The summed E-state index contributed by atoms with van der Waals surface area (Å²) in [5.41, 5.74) is 1.23. The number of rotatable bonds is 7. The van der Waals surface area contributed by atoms with Gasteiger partial charge in [-0.05, 0) is 24.1 Å². The van der Waals surface area contributed by atoms with E-state index in [2.05, 4.69) is 29.6 Å². The van der Waals surface area contributed by atoms with Gasteiger partial charge in [-0.25, -0.2) is 8.42 Å². The van der Waals surface area contributed by atoms with Gasteiger partial charge in [-0.2, -0.15) is 0 Å². The van der Waals surface area contributed by atoms with E-state index >= 15 is 0 Å². The standard InChI is InChI=1S/C14H21NO3S2/c1-18-8-7-15-10-12-2-4-13(5-3-12)19-14-6-9-20(16,17)11-14/h2-5,14-15H,6-11H2,1H3. The van der Waals surface area contributed by atoms with Gasteiger partial charge < -0.3 is 10.1 Å². The zero-order chi connectivity index (χ0) is 14.4. The molecule has 0 spiro atoms. The molecule has 1 aliphatic heterocycles. The molecule has 6 heteroatoms. The third kappa shape index (κ3) is 5.09. The highest BCUT2D eigenvalue weighted by atomic mass is 32.2. The van der Waals surface area contributed by atoms with Gasteiger partial charge in [-0.3, -0.25) is 0 Å². The van der Waals surface area contributed by atoms with Gasteiger partial charge in [0.15, 0.2) is 9.84 Å². The second-order valence-corrected chi connectivity index (χ2v) is 8.56. The van der Waals surface area contributed by atoms with E-state index in [0.717, 1.165) is 24.4 Å². The molecule has 2 rings (SSSR count). The molecule has 1 unspecified atom stereocenters. The van der Waals surface area contributed by atoms with Crippen molar-refractivity contribution in [3.8, 4) is 0 Å². The third-order valence-electron chi connectivity index (χ3n) is 3.23. The maximum absolute atomic E-state index is 11.4. The van der Waals surface area contributed by atoms with Gasteiger partial charge in [0, 0.05) is 30.3 Å². The molecule has 0 aromatic heterocycles. The predicted octanol–water partition coefficient (Wildman–Crippen LogP) is 1.70. The molecule has 1 aromatic rings. The smallest absolute Gasteiger partial charge is 0.151 e. The summed E-state index contributed by atoms with van der Waals surface area (Å²) in [6.07, 6.45) is 0.771. The van der Waals surface area contributed by atoms with Gasteiger partial charge in [-0.15, -0.1) is 11.8 Å². The maximum atomic E-state index is 11.4. The zero-order valence-corrected chi connectivity index (χ0v) is 13.3. The molecular formula is C14H21NO3S2. The number of hydrogen-bond donors (Lipinski definition) is 1. The molecule has 1 saturated heterocycles. The Morgan fingerprint density at radius 1 is 1.35 bits per heavy atom. The Labute approximate surface area is 125 Å². The minimum Gasteiger partial charge on any atom is -0.383 e. The molecule has 0 bridgehead atoms. The van der Waals surface area contributed by atoms with Crippen molar-refractivity contribution in [1.82, 2.24) is 5.32 Å². The molecule has 20 heavy (non-hydrogen) atoms. The van der Waals surface area contributed by atoms with Crippen LogP contribution in [0.5, 0.6) is 0 Å². The van der Waals surface area contributed by atoms with E-state index in [-0.39, 0.29) is 5.25 Å². The molecule has 1 fully saturated rings. The van der Waals surface area contributed by atoms with Crippen LogP contribution in [0.3, 0.4) is 0 Å². The number of ether oxygens (including phenoxy) is 1. The van der Waals surface area contributed by atoms with Crippen LogP contribution in [0.2, 0.25) is 0 Å². The topological polar surface area (TPSA) is 55.4 Å². The molecule has 0 saturated carbocycles. The Balaban J connectivity index is 1.80. The van der Waals surface area contributed by atoms with Gasteiger partial charge >= 0.3 is 0 Å². The molecule has 1 heterocycles. The monoisotopic (exact) mass is 315 g/mol. The summed E-state index contributed by atoms with van der Waals surface area (Å²) in [4.78, 5) is 1.15. The van der Waals surface area contributed by atoms with Crippen molar-refractivity contribution in [2.24, 2.45) is 0 Å². The van der Waals surface area contributed by atoms with Gasteiger partial charge in [0.1, 0.15) is 0 Å². The highest BCUT2D eigenvalue weighted by molar-refractivity contribution is 8.01.